The number of hydrogen-bond acceptors (Lipinski definition) is 2. The van der Waals surface area contributed by atoms with Gasteiger partial charge < -0.3 is 15.1 Å². The van der Waals surface area contributed by atoms with Crippen molar-refractivity contribution < 1.29 is 9.59 Å². The molecule has 1 unspecified atom stereocenters. The molecule has 0 saturated heterocycles. The topological polar surface area (TPSA) is 62.0 Å². The number of carbonyl (C=O) groups is 2. The van der Waals surface area contributed by atoms with Gasteiger partial charge in [-0.15, -0.1) is 0 Å². The monoisotopic (exact) mass is 340 g/mol. The fourth-order valence-electron chi connectivity index (χ4n) is 2.90. The maximum Gasteiger partial charge on any atom is 0.229 e. The SMILES string of the molecule is CCC(CC(C)=O)C(=O)Nc1ccc(CCCc2ccc(C)cc2)[nH]1. The second-order valence-corrected chi connectivity index (χ2v) is 6.74. The number of H-pyrrole nitrogens is 1. The van der Waals surface area contributed by atoms with Crippen LogP contribution in [-0.4, -0.2) is 16.7 Å². The predicted octanol–water partition coefficient (Wildman–Crippen LogP) is 4.44. The molecule has 1 aromatic carbocycles. The quantitative estimate of drug-likeness (QED) is 0.709. The van der Waals surface area contributed by atoms with Gasteiger partial charge in [0.2, 0.25) is 5.91 Å². The van der Waals surface area contributed by atoms with Crippen LogP contribution < -0.4 is 5.32 Å². The van der Waals surface area contributed by atoms with Gasteiger partial charge in [0.1, 0.15) is 11.6 Å². The van der Waals surface area contributed by atoms with Gasteiger partial charge in [-0.3, -0.25) is 4.79 Å². The molecule has 0 radical (unpaired) electrons. The number of hydrogen-bond donors (Lipinski definition) is 2. The zero-order valence-electron chi connectivity index (χ0n) is 15.4. The van der Waals surface area contributed by atoms with E-state index in [1.54, 1.807) is 0 Å². The molecule has 1 aromatic heterocycles. The molecule has 1 atom stereocenters. The number of benzene rings is 1. The lowest BCUT2D eigenvalue weighted by Gasteiger charge is -2.12. The summed E-state index contributed by atoms with van der Waals surface area (Å²) < 4.78 is 0. The summed E-state index contributed by atoms with van der Waals surface area (Å²) in [5, 5.41) is 2.89. The van der Waals surface area contributed by atoms with Crippen molar-refractivity contribution in [3.63, 3.8) is 0 Å². The number of Topliss-reactive ketones (excluding diaryl/α,β-unsaturated/α-hetero) is 1. The molecule has 134 valence electrons. The zero-order valence-corrected chi connectivity index (χ0v) is 15.4. The third kappa shape index (κ3) is 6.22. The lowest BCUT2D eigenvalue weighted by atomic mass is 9.99. The van der Waals surface area contributed by atoms with Crippen LogP contribution in [0.15, 0.2) is 36.4 Å². The smallest absolute Gasteiger partial charge is 0.229 e. The first-order valence-corrected chi connectivity index (χ1v) is 9.01. The standard InChI is InChI=1S/C21H28N2O2/c1-4-18(14-16(3)24)21(25)23-20-13-12-19(22-20)7-5-6-17-10-8-15(2)9-11-17/h8-13,18,22H,4-7,14H2,1-3H3,(H,23,25). The number of ketones is 1. The third-order valence-corrected chi connectivity index (χ3v) is 4.43. The van der Waals surface area contributed by atoms with Crippen molar-refractivity contribution in [1.29, 1.82) is 0 Å². The number of aromatic amines is 1. The van der Waals surface area contributed by atoms with Crippen molar-refractivity contribution in [3.05, 3.63) is 53.2 Å². The number of nitrogens with one attached hydrogen (secondary N) is 2. The van der Waals surface area contributed by atoms with E-state index in [4.69, 9.17) is 0 Å². The maximum atomic E-state index is 12.2. The minimum atomic E-state index is -0.259. The minimum absolute atomic E-state index is 0.0466. The molecule has 2 aromatic rings. The lowest BCUT2D eigenvalue weighted by Crippen LogP contribution is -2.24. The van der Waals surface area contributed by atoms with Gasteiger partial charge in [-0.25, -0.2) is 0 Å². The Morgan fingerprint density at radius 2 is 1.80 bits per heavy atom. The van der Waals surface area contributed by atoms with E-state index in [0.29, 0.717) is 18.7 Å². The van der Waals surface area contributed by atoms with Crippen LogP contribution in [0, 0.1) is 12.8 Å². The highest BCUT2D eigenvalue weighted by molar-refractivity contribution is 5.94. The molecule has 0 aliphatic rings. The molecule has 0 aliphatic heterocycles. The summed E-state index contributed by atoms with van der Waals surface area (Å²) in [5.74, 6) is 0.402. The summed E-state index contributed by atoms with van der Waals surface area (Å²) in [7, 11) is 0. The second kappa shape index (κ2) is 9.21. The third-order valence-electron chi connectivity index (χ3n) is 4.43. The molecule has 0 saturated carbocycles. The lowest BCUT2D eigenvalue weighted by molar-refractivity contribution is -0.125. The molecule has 0 aliphatic carbocycles. The van der Waals surface area contributed by atoms with Crippen LogP contribution in [0.4, 0.5) is 5.82 Å². The Labute approximate surface area is 150 Å². The number of amides is 1. The van der Waals surface area contributed by atoms with Gasteiger partial charge in [-0.2, -0.15) is 0 Å². The highest BCUT2D eigenvalue weighted by atomic mass is 16.2. The molecule has 4 nitrogen and oxygen atoms in total. The number of rotatable bonds is 9. The summed E-state index contributed by atoms with van der Waals surface area (Å²) in [4.78, 5) is 26.7. The molecule has 1 heterocycles. The molecule has 2 rings (SSSR count). The van der Waals surface area contributed by atoms with Gasteiger partial charge >= 0.3 is 0 Å². The van der Waals surface area contributed by atoms with Crippen LogP contribution in [0.1, 0.15) is 49.9 Å². The van der Waals surface area contributed by atoms with E-state index in [1.807, 2.05) is 19.1 Å². The Morgan fingerprint density at radius 1 is 1.08 bits per heavy atom. The number of aromatic nitrogens is 1. The van der Waals surface area contributed by atoms with E-state index in [-0.39, 0.29) is 17.6 Å². The first-order valence-electron chi connectivity index (χ1n) is 9.01. The van der Waals surface area contributed by atoms with Gasteiger partial charge in [0.15, 0.2) is 0 Å². The van der Waals surface area contributed by atoms with Gasteiger partial charge in [-0.05, 0) is 57.2 Å². The number of carbonyl (C=O) groups excluding carboxylic acids is 2. The van der Waals surface area contributed by atoms with Crippen molar-refractivity contribution >= 4 is 17.5 Å². The Bertz CT molecular complexity index is 701. The Balaban J connectivity index is 1.82. The van der Waals surface area contributed by atoms with Crippen molar-refractivity contribution in [2.75, 3.05) is 5.32 Å². The average Bonchev–Trinajstić information content (AvgIpc) is 3.01. The molecular formula is C21H28N2O2. The number of anilines is 1. The van der Waals surface area contributed by atoms with E-state index < -0.39 is 0 Å². The summed E-state index contributed by atoms with van der Waals surface area (Å²) in [6.45, 7) is 5.55. The predicted molar refractivity (Wildman–Crippen MR) is 102 cm³/mol. The fraction of sp³-hybridized carbons (Fsp3) is 0.429. The first kappa shape index (κ1) is 19.0. The first-order chi connectivity index (χ1) is 12.0. The van der Waals surface area contributed by atoms with Crippen LogP contribution >= 0.6 is 0 Å². The Hall–Kier alpha value is -2.36. The maximum absolute atomic E-state index is 12.2. The minimum Gasteiger partial charge on any atom is -0.345 e. The van der Waals surface area contributed by atoms with Gasteiger partial charge in [0.25, 0.3) is 0 Å². The van der Waals surface area contributed by atoms with Crippen molar-refractivity contribution in [3.8, 4) is 0 Å². The Morgan fingerprint density at radius 3 is 2.44 bits per heavy atom. The van der Waals surface area contributed by atoms with Crippen LogP contribution in [0.2, 0.25) is 0 Å². The van der Waals surface area contributed by atoms with Crippen molar-refractivity contribution in [2.24, 2.45) is 5.92 Å². The molecule has 4 heteroatoms. The van der Waals surface area contributed by atoms with E-state index in [2.05, 4.69) is 41.5 Å². The van der Waals surface area contributed by atoms with Crippen LogP contribution in [-0.2, 0) is 22.4 Å². The summed E-state index contributed by atoms with van der Waals surface area (Å²) in [6.07, 6.45) is 3.99. The Kier molecular flexibility index (Phi) is 6.99. The highest BCUT2D eigenvalue weighted by Gasteiger charge is 2.18. The molecule has 25 heavy (non-hydrogen) atoms. The van der Waals surface area contributed by atoms with Gasteiger partial charge in [0, 0.05) is 18.0 Å². The zero-order chi connectivity index (χ0) is 18.2. The van der Waals surface area contributed by atoms with Crippen molar-refractivity contribution in [2.45, 2.75) is 52.9 Å². The van der Waals surface area contributed by atoms with E-state index in [0.717, 1.165) is 25.0 Å². The summed E-state index contributed by atoms with van der Waals surface area (Å²) in [6, 6.07) is 12.5. The van der Waals surface area contributed by atoms with Gasteiger partial charge in [-0.1, -0.05) is 36.8 Å². The van der Waals surface area contributed by atoms with Crippen LogP contribution in [0.3, 0.4) is 0 Å². The fourth-order valence-corrected chi connectivity index (χ4v) is 2.90. The van der Waals surface area contributed by atoms with Crippen LogP contribution in [0.25, 0.3) is 0 Å². The van der Waals surface area contributed by atoms with E-state index >= 15 is 0 Å². The molecule has 2 N–H and O–H groups in total. The van der Waals surface area contributed by atoms with Crippen molar-refractivity contribution in [1.82, 2.24) is 4.98 Å². The van der Waals surface area contributed by atoms with E-state index in [1.165, 1.54) is 18.1 Å². The molecule has 0 bridgehead atoms. The van der Waals surface area contributed by atoms with E-state index in [9.17, 15) is 9.59 Å². The molecular weight excluding hydrogens is 312 g/mol. The average molecular weight is 340 g/mol. The summed E-state index contributed by atoms with van der Waals surface area (Å²) >= 11 is 0. The molecule has 1 amide bonds. The van der Waals surface area contributed by atoms with Gasteiger partial charge in [0.05, 0.1) is 0 Å². The summed E-state index contributed by atoms with van der Waals surface area (Å²) in [5.41, 5.74) is 3.74. The second-order valence-electron chi connectivity index (χ2n) is 6.74. The largest absolute Gasteiger partial charge is 0.345 e. The highest BCUT2D eigenvalue weighted by Crippen LogP contribution is 2.15. The normalized spacial score (nSPS) is 12.0. The molecule has 0 spiro atoms. The number of aryl methyl sites for hydroxylation is 3. The molecule has 0 fully saturated rings. The van der Waals surface area contributed by atoms with Crippen LogP contribution in [0.5, 0.6) is 0 Å².